The van der Waals surface area contributed by atoms with E-state index >= 15 is 0 Å². The molecule has 0 radical (unpaired) electrons. The quantitative estimate of drug-likeness (QED) is 0.514. The lowest BCUT2D eigenvalue weighted by Gasteiger charge is -2.04. The molecular weight excluding hydrogens is 266 g/mol. The number of nitro benzene ring substituents is 1. The first-order valence-electron chi connectivity index (χ1n) is 5.80. The molecule has 0 spiro atoms. The second-order valence-electron chi connectivity index (χ2n) is 4.07. The summed E-state index contributed by atoms with van der Waals surface area (Å²) >= 11 is 0. The number of hydrogen-bond donors (Lipinski definition) is 1. The third kappa shape index (κ3) is 2.35. The molecule has 8 heteroatoms. The number of nitrogens with zero attached hydrogens (tertiary/aromatic N) is 2. The summed E-state index contributed by atoms with van der Waals surface area (Å²) in [5.74, 6) is -0.912. The SMILES string of the molecule is CCOC(=O)c1nc2c([N+](=O)[O-])cc(C)cc2[nH]c1=O. The predicted octanol–water partition coefficient (Wildman–Crippen LogP) is 1.32. The van der Waals surface area contributed by atoms with Crippen LogP contribution in [0.1, 0.15) is 23.0 Å². The van der Waals surface area contributed by atoms with Crippen LogP contribution >= 0.6 is 0 Å². The van der Waals surface area contributed by atoms with Gasteiger partial charge in [-0.05, 0) is 25.5 Å². The van der Waals surface area contributed by atoms with E-state index in [1.54, 1.807) is 19.9 Å². The first kappa shape index (κ1) is 13.7. The molecule has 0 amide bonds. The van der Waals surface area contributed by atoms with Gasteiger partial charge in [0.05, 0.1) is 17.0 Å². The molecule has 0 bridgehead atoms. The van der Waals surface area contributed by atoms with Crippen molar-refractivity contribution in [3.05, 3.63) is 43.9 Å². The number of carbonyl (C=O) groups is 1. The first-order chi connectivity index (χ1) is 9.43. The highest BCUT2D eigenvalue weighted by Crippen LogP contribution is 2.23. The van der Waals surface area contributed by atoms with E-state index < -0.39 is 22.1 Å². The summed E-state index contributed by atoms with van der Waals surface area (Å²) in [6, 6.07) is 2.87. The van der Waals surface area contributed by atoms with E-state index in [0.717, 1.165) is 0 Å². The van der Waals surface area contributed by atoms with Crippen molar-refractivity contribution in [3.63, 3.8) is 0 Å². The van der Waals surface area contributed by atoms with Crippen molar-refractivity contribution in [2.75, 3.05) is 6.61 Å². The number of hydrogen-bond acceptors (Lipinski definition) is 6. The van der Waals surface area contributed by atoms with Crippen LogP contribution < -0.4 is 5.56 Å². The summed E-state index contributed by atoms with van der Waals surface area (Å²) < 4.78 is 4.69. The fourth-order valence-corrected chi connectivity index (χ4v) is 1.79. The first-order valence-corrected chi connectivity index (χ1v) is 5.80. The summed E-state index contributed by atoms with van der Waals surface area (Å²) in [5, 5.41) is 11.0. The van der Waals surface area contributed by atoms with Crippen LogP contribution in [0.25, 0.3) is 11.0 Å². The van der Waals surface area contributed by atoms with E-state index in [0.29, 0.717) is 5.56 Å². The van der Waals surface area contributed by atoms with Crippen LogP contribution in [0.4, 0.5) is 5.69 Å². The summed E-state index contributed by atoms with van der Waals surface area (Å²) in [6.45, 7) is 3.32. The number of rotatable bonds is 3. The van der Waals surface area contributed by atoms with Gasteiger partial charge in [0.25, 0.3) is 11.2 Å². The normalized spacial score (nSPS) is 10.5. The van der Waals surface area contributed by atoms with Gasteiger partial charge in [0, 0.05) is 6.07 Å². The van der Waals surface area contributed by atoms with Crippen LogP contribution in [0.15, 0.2) is 16.9 Å². The molecule has 0 saturated heterocycles. The zero-order valence-corrected chi connectivity index (χ0v) is 10.8. The molecule has 20 heavy (non-hydrogen) atoms. The van der Waals surface area contributed by atoms with Gasteiger partial charge in [0.1, 0.15) is 0 Å². The Morgan fingerprint density at radius 2 is 2.20 bits per heavy atom. The highest BCUT2D eigenvalue weighted by molar-refractivity contribution is 5.91. The lowest BCUT2D eigenvalue weighted by atomic mass is 10.2. The molecule has 8 nitrogen and oxygen atoms in total. The Bertz CT molecular complexity index is 766. The van der Waals surface area contributed by atoms with Crippen molar-refractivity contribution < 1.29 is 14.5 Å². The zero-order chi connectivity index (χ0) is 14.9. The number of carbonyl (C=O) groups excluding carboxylic acids is 1. The molecular formula is C12H11N3O5. The Balaban J connectivity index is 2.77. The summed E-state index contributed by atoms with van der Waals surface area (Å²) in [7, 11) is 0. The standard InChI is InChI=1S/C12H11N3O5/c1-3-20-12(17)10-11(16)13-7-4-6(2)5-8(15(18)19)9(7)14-10/h4-5H,3H2,1-2H3,(H,13,16). The highest BCUT2D eigenvalue weighted by atomic mass is 16.6. The van der Waals surface area contributed by atoms with Gasteiger partial charge in [-0.3, -0.25) is 14.9 Å². The van der Waals surface area contributed by atoms with Gasteiger partial charge < -0.3 is 9.72 Å². The number of ether oxygens (including phenoxy) is 1. The lowest BCUT2D eigenvalue weighted by molar-refractivity contribution is -0.383. The Hall–Kier alpha value is -2.77. The molecule has 2 aromatic rings. The second kappa shape index (κ2) is 5.08. The number of aromatic amines is 1. The number of H-pyrrole nitrogens is 1. The largest absolute Gasteiger partial charge is 0.461 e. The van der Waals surface area contributed by atoms with Crippen LogP contribution in [0.3, 0.4) is 0 Å². The van der Waals surface area contributed by atoms with Crippen LogP contribution in [-0.4, -0.2) is 27.5 Å². The number of fused-ring (bicyclic) bond motifs is 1. The topological polar surface area (TPSA) is 115 Å². The van der Waals surface area contributed by atoms with E-state index in [-0.39, 0.29) is 23.3 Å². The molecule has 0 aliphatic heterocycles. The maximum Gasteiger partial charge on any atom is 0.362 e. The Labute approximate surface area is 112 Å². The Morgan fingerprint density at radius 1 is 1.50 bits per heavy atom. The number of non-ortho nitro benzene ring substituents is 1. The number of aryl methyl sites for hydroxylation is 1. The third-order valence-electron chi connectivity index (χ3n) is 2.59. The number of nitro groups is 1. The molecule has 2 rings (SSSR count). The van der Waals surface area contributed by atoms with Crippen LogP contribution in [0, 0.1) is 17.0 Å². The van der Waals surface area contributed by atoms with E-state index in [2.05, 4.69) is 9.97 Å². The van der Waals surface area contributed by atoms with Gasteiger partial charge in [-0.2, -0.15) is 0 Å². The minimum absolute atomic E-state index is 0.0525. The number of benzene rings is 1. The fourth-order valence-electron chi connectivity index (χ4n) is 1.79. The van der Waals surface area contributed by atoms with Gasteiger partial charge in [-0.1, -0.05) is 0 Å². The molecule has 1 aromatic carbocycles. The Kier molecular flexibility index (Phi) is 3.47. The molecule has 0 atom stereocenters. The maximum atomic E-state index is 11.8. The van der Waals surface area contributed by atoms with Gasteiger partial charge in [-0.15, -0.1) is 0 Å². The third-order valence-corrected chi connectivity index (χ3v) is 2.59. The predicted molar refractivity (Wildman–Crippen MR) is 69.7 cm³/mol. The van der Waals surface area contributed by atoms with Gasteiger partial charge in [0.2, 0.25) is 5.69 Å². The smallest absolute Gasteiger partial charge is 0.362 e. The van der Waals surface area contributed by atoms with Gasteiger partial charge in [0.15, 0.2) is 5.52 Å². The van der Waals surface area contributed by atoms with Crippen molar-refractivity contribution in [1.82, 2.24) is 9.97 Å². The molecule has 1 heterocycles. The molecule has 0 fully saturated rings. The van der Waals surface area contributed by atoms with Crippen molar-refractivity contribution in [1.29, 1.82) is 0 Å². The van der Waals surface area contributed by atoms with Crippen LogP contribution in [0.2, 0.25) is 0 Å². The minimum atomic E-state index is -0.912. The zero-order valence-electron chi connectivity index (χ0n) is 10.8. The minimum Gasteiger partial charge on any atom is -0.461 e. The Morgan fingerprint density at radius 3 is 2.80 bits per heavy atom. The lowest BCUT2D eigenvalue weighted by Crippen LogP contribution is -2.22. The van der Waals surface area contributed by atoms with Crippen molar-refractivity contribution in [3.8, 4) is 0 Å². The van der Waals surface area contributed by atoms with E-state index in [4.69, 9.17) is 4.74 Å². The van der Waals surface area contributed by atoms with Gasteiger partial charge in [-0.25, -0.2) is 9.78 Å². The molecule has 104 valence electrons. The second-order valence-corrected chi connectivity index (χ2v) is 4.07. The molecule has 0 aliphatic rings. The van der Waals surface area contributed by atoms with Crippen LogP contribution in [-0.2, 0) is 4.74 Å². The van der Waals surface area contributed by atoms with E-state index in [9.17, 15) is 19.7 Å². The van der Waals surface area contributed by atoms with Crippen molar-refractivity contribution in [2.45, 2.75) is 13.8 Å². The van der Waals surface area contributed by atoms with E-state index in [1.807, 2.05) is 0 Å². The summed E-state index contributed by atoms with van der Waals surface area (Å²) in [6.07, 6.45) is 0. The maximum absolute atomic E-state index is 11.8. The summed E-state index contributed by atoms with van der Waals surface area (Å²) in [4.78, 5) is 39.9. The average molecular weight is 277 g/mol. The monoisotopic (exact) mass is 277 g/mol. The highest BCUT2D eigenvalue weighted by Gasteiger charge is 2.20. The summed E-state index contributed by atoms with van der Waals surface area (Å²) in [5.41, 5.74) is -0.757. The van der Waals surface area contributed by atoms with E-state index in [1.165, 1.54) is 6.07 Å². The van der Waals surface area contributed by atoms with Gasteiger partial charge >= 0.3 is 5.97 Å². The molecule has 1 N–H and O–H groups in total. The molecule has 1 aromatic heterocycles. The number of nitrogens with one attached hydrogen (secondary N) is 1. The number of esters is 1. The van der Waals surface area contributed by atoms with Crippen LogP contribution in [0.5, 0.6) is 0 Å². The van der Waals surface area contributed by atoms with Crippen molar-refractivity contribution >= 4 is 22.7 Å². The van der Waals surface area contributed by atoms with Crippen molar-refractivity contribution in [2.24, 2.45) is 0 Å². The number of aromatic nitrogens is 2. The molecule has 0 aliphatic carbocycles. The molecule has 0 unspecified atom stereocenters. The fraction of sp³-hybridized carbons (Fsp3) is 0.250. The average Bonchev–Trinajstić information content (AvgIpc) is 2.36. The molecule has 0 saturated carbocycles.